The average molecular weight is 351 g/mol. The van der Waals surface area contributed by atoms with Crippen LogP contribution in [0.25, 0.3) is 0 Å². The third kappa shape index (κ3) is 4.86. The lowest BCUT2D eigenvalue weighted by Crippen LogP contribution is -2.31. The number of hydrogen-bond donors (Lipinski definition) is 1. The molecule has 1 aromatic carbocycles. The van der Waals surface area contributed by atoms with Gasteiger partial charge in [-0.25, -0.2) is 0 Å². The molecule has 1 atom stereocenters. The van der Waals surface area contributed by atoms with Crippen LogP contribution in [0.4, 0.5) is 0 Å². The van der Waals surface area contributed by atoms with Gasteiger partial charge in [-0.05, 0) is 55.2 Å². The van der Waals surface area contributed by atoms with E-state index in [1.54, 1.807) is 6.92 Å². The fourth-order valence-electron chi connectivity index (χ4n) is 2.57. The van der Waals surface area contributed by atoms with Crippen LogP contribution in [0, 0.1) is 0 Å². The lowest BCUT2D eigenvalue weighted by molar-refractivity contribution is 0.107. The van der Waals surface area contributed by atoms with Gasteiger partial charge in [-0.1, -0.05) is 65.4 Å². The first-order valence-electron chi connectivity index (χ1n) is 8.97. The van der Waals surface area contributed by atoms with E-state index < -0.39 is 10.9 Å². The fraction of sp³-hybridized carbons (Fsp3) is 0.667. The van der Waals surface area contributed by atoms with Crippen LogP contribution >= 0.6 is 11.8 Å². The second-order valence-corrected chi connectivity index (χ2v) is 9.83. The lowest BCUT2D eigenvalue weighted by Gasteiger charge is -2.28. The van der Waals surface area contributed by atoms with Crippen molar-refractivity contribution in [1.82, 2.24) is 0 Å². The van der Waals surface area contributed by atoms with Crippen LogP contribution in [-0.4, -0.2) is 21.1 Å². The number of aliphatic hydroxyl groups is 1. The normalized spacial score (nSPS) is 13.9. The Morgan fingerprint density at radius 1 is 0.917 bits per heavy atom. The van der Waals surface area contributed by atoms with Crippen molar-refractivity contribution in [3.8, 4) is 0 Å². The Morgan fingerprint density at radius 2 is 1.33 bits per heavy atom. The summed E-state index contributed by atoms with van der Waals surface area (Å²) in [5.41, 5.74) is 4.40. The Hall–Kier alpha value is -0.800. The largest absolute Gasteiger partial charge is 0.392 e. The second kappa shape index (κ2) is 8.05. The maximum absolute atomic E-state index is 13.1. The zero-order valence-electron chi connectivity index (χ0n) is 16.7. The van der Waals surface area contributed by atoms with Crippen LogP contribution < -0.4 is 0 Å². The summed E-state index contributed by atoms with van der Waals surface area (Å²) in [6, 6.07) is 4.40. The molecular formula is C21H34O2S. The van der Waals surface area contributed by atoms with E-state index in [4.69, 9.17) is 0 Å². The van der Waals surface area contributed by atoms with Gasteiger partial charge in [0, 0.05) is 10.3 Å². The van der Waals surface area contributed by atoms with Crippen molar-refractivity contribution in [1.29, 1.82) is 0 Å². The molecule has 0 aliphatic heterocycles. The maximum Gasteiger partial charge on any atom is 0.220 e. The number of benzene rings is 1. The van der Waals surface area contributed by atoms with E-state index in [-0.39, 0.29) is 17.0 Å². The standard InChI is InChI=1S/C21H34O2S/c1-12(2)16-10-17(13(3)4)19(18(11-16)14(5)6)20(23)24-21(8,9)15(7)22/h10-15,22H,1-9H3. The molecule has 136 valence electrons. The molecular weight excluding hydrogens is 316 g/mol. The number of carbonyl (C=O) groups is 1. The zero-order chi connectivity index (χ0) is 18.8. The molecule has 0 aromatic heterocycles. The molecule has 0 saturated heterocycles. The molecule has 0 radical (unpaired) electrons. The van der Waals surface area contributed by atoms with Gasteiger partial charge in [-0.3, -0.25) is 4.79 Å². The molecule has 1 unspecified atom stereocenters. The summed E-state index contributed by atoms with van der Waals surface area (Å²) in [7, 11) is 0. The Bertz CT molecular complexity index is 554. The van der Waals surface area contributed by atoms with Gasteiger partial charge < -0.3 is 5.11 Å². The molecule has 24 heavy (non-hydrogen) atoms. The Morgan fingerprint density at radius 3 is 1.62 bits per heavy atom. The Kier molecular flexibility index (Phi) is 7.13. The van der Waals surface area contributed by atoms with Crippen LogP contribution in [0.1, 0.15) is 107 Å². The molecule has 0 heterocycles. The molecule has 2 nitrogen and oxygen atoms in total. The van der Waals surface area contributed by atoms with Gasteiger partial charge in [0.2, 0.25) is 5.12 Å². The first kappa shape index (κ1) is 21.2. The molecule has 1 N–H and O–H groups in total. The number of thioether (sulfide) groups is 1. The highest BCUT2D eigenvalue weighted by Crippen LogP contribution is 2.38. The highest BCUT2D eigenvalue weighted by Gasteiger charge is 2.31. The van der Waals surface area contributed by atoms with Crippen molar-refractivity contribution >= 4 is 16.9 Å². The Labute approximate surface area is 152 Å². The van der Waals surface area contributed by atoms with E-state index in [2.05, 4.69) is 53.7 Å². The SMILES string of the molecule is CC(C)c1cc(C(C)C)c(C(=O)SC(C)(C)C(C)O)c(C(C)C)c1. The first-order chi connectivity index (χ1) is 10.9. The third-order valence-electron chi connectivity index (χ3n) is 4.70. The molecule has 0 aliphatic carbocycles. The van der Waals surface area contributed by atoms with Gasteiger partial charge in [-0.2, -0.15) is 0 Å². The highest BCUT2D eigenvalue weighted by atomic mass is 32.2. The van der Waals surface area contributed by atoms with Gasteiger partial charge >= 0.3 is 0 Å². The van der Waals surface area contributed by atoms with Crippen LogP contribution in [-0.2, 0) is 0 Å². The summed E-state index contributed by atoms with van der Waals surface area (Å²) in [6.45, 7) is 18.5. The van der Waals surface area contributed by atoms with Gasteiger partial charge in [-0.15, -0.1) is 0 Å². The first-order valence-corrected chi connectivity index (χ1v) is 9.79. The summed E-state index contributed by atoms with van der Waals surface area (Å²) in [6.07, 6.45) is -0.550. The van der Waals surface area contributed by atoms with Gasteiger partial charge in [0.05, 0.1) is 6.10 Å². The van der Waals surface area contributed by atoms with Crippen LogP contribution in [0.3, 0.4) is 0 Å². The molecule has 0 bridgehead atoms. The molecule has 0 amide bonds. The summed E-state index contributed by atoms with van der Waals surface area (Å²) in [5, 5.41) is 10.0. The van der Waals surface area contributed by atoms with Crippen molar-refractivity contribution < 1.29 is 9.90 Å². The van der Waals surface area contributed by atoms with E-state index in [9.17, 15) is 9.90 Å². The van der Waals surface area contributed by atoms with E-state index >= 15 is 0 Å². The quantitative estimate of drug-likeness (QED) is 0.674. The van der Waals surface area contributed by atoms with Gasteiger partial charge in [0.15, 0.2) is 0 Å². The number of hydrogen-bond acceptors (Lipinski definition) is 3. The average Bonchev–Trinajstić information content (AvgIpc) is 2.44. The van der Waals surface area contributed by atoms with E-state index in [0.29, 0.717) is 5.92 Å². The second-order valence-electron chi connectivity index (χ2n) is 8.21. The molecule has 0 saturated carbocycles. The van der Waals surface area contributed by atoms with Crippen molar-refractivity contribution in [3.63, 3.8) is 0 Å². The molecule has 0 spiro atoms. The summed E-state index contributed by atoms with van der Waals surface area (Å²) in [4.78, 5) is 13.1. The third-order valence-corrected chi connectivity index (χ3v) is 5.96. The number of carbonyl (C=O) groups excluding carboxylic acids is 1. The van der Waals surface area contributed by atoms with Gasteiger partial charge in [0.25, 0.3) is 0 Å². The summed E-state index contributed by atoms with van der Waals surface area (Å²) < 4.78 is -0.504. The smallest absolute Gasteiger partial charge is 0.220 e. The molecule has 1 aromatic rings. The van der Waals surface area contributed by atoms with Crippen LogP contribution in [0.2, 0.25) is 0 Å². The van der Waals surface area contributed by atoms with Crippen molar-refractivity contribution in [2.45, 2.75) is 90.9 Å². The topological polar surface area (TPSA) is 37.3 Å². The van der Waals surface area contributed by atoms with E-state index in [0.717, 1.165) is 16.7 Å². The van der Waals surface area contributed by atoms with Crippen molar-refractivity contribution in [2.24, 2.45) is 0 Å². The number of aliphatic hydroxyl groups excluding tert-OH is 1. The Balaban J connectivity index is 3.52. The lowest BCUT2D eigenvalue weighted by atomic mass is 9.85. The molecule has 3 heteroatoms. The van der Waals surface area contributed by atoms with Crippen molar-refractivity contribution in [2.75, 3.05) is 0 Å². The monoisotopic (exact) mass is 350 g/mol. The number of rotatable bonds is 6. The summed E-state index contributed by atoms with van der Waals surface area (Å²) >= 11 is 1.25. The van der Waals surface area contributed by atoms with E-state index in [1.165, 1.54) is 17.3 Å². The van der Waals surface area contributed by atoms with Gasteiger partial charge in [0.1, 0.15) is 0 Å². The zero-order valence-corrected chi connectivity index (χ0v) is 17.5. The van der Waals surface area contributed by atoms with E-state index in [1.807, 2.05) is 13.8 Å². The highest BCUT2D eigenvalue weighted by molar-refractivity contribution is 8.15. The minimum Gasteiger partial charge on any atom is -0.392 e. The fourth-order valence-corrected chi connectivity index (χ4v) is 3.55. The van der Waals surface area contributed by atoms with Crippen LogP contribution in [0.5, 0.6) is 0 Å². The minimum atomic E-state index is -0.550. The maximum atomic E-state index is 13.1. The molecule has 0 aliphatic rings. The predicted molar refractivity (Wildman–Crippen MR) is 106 cm³/mol. The minimum absolute atomic E-state index is 0.0728. The molecule has 0 fully saturated rings. The molecule has 1 rings (SSSR count). The van der Waals surface area contributed by atoms with Crippen LogP contribution in [0.15, 0.2) is 12.1 Å². The summed E-state index contributed by atoms with van der Waals surface area (Å²) in [5.74, 6) is 1.01. The van der Waals surface area contributed by atoms with Crippen molar-refractivity contribution in [3.05, 3.63) is 34.4 Å². The predicted octanol–water partition coefficient (Wildman–Crippen LogP) is 6.09.